The Bertz CT molecular complexity index is 641. The van der Waals surface area contributed by atoms with Gasteiger partial charge in [-0.15, -0.1) is 0 Å². The predicted molar refractivity (Wildman–Crippen MR) is 65.6 cm³/mol. The first kappa shape index (κ1) is 11.4. The third kappa shape index (κ3) is 1.93. The van der Waals surface area contributed by atoms with Gasteiger partial charge >= 0.3 is 5.97 Å². The highest BCUT2D eigenvalue weighted by Gasteiger charge is 2.08. The van der Waals surface area contributed by atoms with Crippen LogP contribution in [0.5, 0.6) is 0 Å². The van der Waals surface area contributed by atoms with Crippen LogP contribution in [0, 0.1) is 0 Å². The SMILES string of the molecule is CC(C)n1ccc2ccc(C(=O)O)cc2c1=O. The van der Waals surface area contributed by atoms with E-state index in [1.165, 1.54) is 12.1 Å². The Hall–Kier alpha value is -2.10. The molecule has 1 N–H and O–H groups in total. The van der Waals surface area contributed by atoms with Gasteiger partial charge in [0.2, 0.25) is 0 Å². The number of rotatable bonds is 2. The van der Waals surface area contributed by atoms with Crippen LogP contribution >= 0.6 is 0 Å². The maximum absolute atomic E-state index is 12.1. The molecule has 0 aliphatic rings. The summed E-state index contributed by atoms with van der Waals surface area (Å²) in [6.45, 7) is 3.82. The Morgan fingerprint density at radius 1 is 1.29 bits per heavy atom. The molecule has 0 radical (unpaired) electrons. The second-order valence-corrected chi connectivity index (χ2v) is 4.23. The summed E-state index contributed by atoms with van der Waals surface area (Å²) in [5.74, 6) is -1.02. The van der Waals surface area contributed by atoms with Crippen LogP contribution in [-0.2, 0) is 0 Å². The lowest BCUT2D eigenvalue weighted by atomic mass is 10.1. The van der Waals surface area contributed by atoms with Crippen LogP contribution in [0.3, 0.4) is 0 Å². The van der Waals surface area contributed by atoms with Gasteiger partial charge in [-0.1, -0.05) is 6.07 Å². The third-order valence-electron chi connectivity index (χ3n) is 2.74. The molecule has 0 spiro atoms. The number of aromatic carboxylic acids is 1. The van der Waals surface area contributed by atoms with Gasteiger partial charge in [-0.3, -0.25) is 4.79 Å². The summed E-state index contributed by atoms with van der Waals surface area (Å²) < 4.78 is 1.59. The van der Waals surface area contributed by atoms with Gasteiger partial charge in [-0.2, -0.15) is 0 Å². The van der Waals surface area contributed by atoms with E-state index in [2.05, 4.69) is 0 Å². The molecule has 0 atom stereocenters. The summed E-state index contributed by atoms with van der Waals surface area (Å²) in [5.41, 5.74) is -0.0169. The van der Waals surface area contributed by atoms with E-state index < -0.39 is 5.97 Å². The van der Waals surface area contributed by atoms with E-state index in [-0.39, 0.29) is 17.2 Å². The minimum absolute atomic E-state index is 0.0559. The standard InChI is InChI=1S/C13H13NO3/c1-8(2)14-6-5-9-3-4-10(13(16)17)7-11(9)12(14)15/h3-8H,1-2H3,(H,16,17). The molecule has 1 aromatic heterocycles. The number of pyridine rings is 1. The van der Waals surface area contributed by atoms with Crippen LogP contribution < -0.4 is 5.56 Å². The molecule has 1 aromatic carbocycles. The second kappa shape index (κ2) is 4.05. The maximum Gasteiger partial charge on any atom is 0.335 e. The molecule has 1 heterocycles. The van der Waals surface area contributed by atoms with Crippen molar-refractivity contribution in [2.45, 2.75) is 19.9 Å². The van der Waals surface area contributed by atoms with Crippen molar-refractivity contribution < 1.29 is 9.90 Å². The molecule has 2 aromatic rings. The first-order valence-electron chi connectivity index (χ1n) is 5.39. The van der Waals surface area contributed by atoms with Gasteiger partial charge in [0, 0.05) is 17.6 Å². The van der Waals surface area contributed by atoms with E-state index >= 15 is 0 Å². The summed E-state index contributed by atoms with van der Waals surface area (Å²) >= 11 is 0. The van der Waals surface area contributed by atoms with Crippen molar-refractivity contribution in [1.82, 2.24) is 4.57 Å². The summed E-state index contributed by atoms with van der Waals surface area (Å²) in [6, 6.07) is 6.47. The highest BCUT2D eigenvalue weighted by Crippen LogP contribution is 2.13. The minimum Gasteiger partial charge on any atom is -0.478 e. The Morgan fingerprint density at radius 3 is 2.59 bits per heavy atom. The van der Waals surface area contributed by atoms with Crippen molar-refractivity contribution in [3.05, 3.63) is 46.4 Å². The van der Waals surface area contributed by atoms with E-state index in [0.29, 0.717) is 5.39 Å². The second-order valence-electron chi connectivity index (χ2n) is 4.23. The van der Waals surface area contributed by atoms with Gasteiger partial charge in [-0.25, -0.2) is 4.79 Å². The van der Waals surface area contributed by atoms with Gasteiger partial charge in [0.1, 0.15) is 0 Å². The predicted octanol–water partition coefficient (Wildman–Crippen LogP) is 2.28. The average Bonchev–Trinajstić information content (AvgIpc) is 2.28. The molecule has 88 valence electrons. The third-order valence-corrected chi connectivity index (χ3v) is 2.74. The quantitative estimate of drug-likeness (QED) is 0.862. The summed E-state index contributed by atoms with van der Waals surface area (Å²) in [5, 5.41) is 10.1. The zero-order valence-corrected chi connectivity index (χ0v) is 9.68. The lowest BCUT2D eigenvalue weighted by molar-refractivity contribution is 0.0697. The summed E-state index contributed by atoms with van der Waals surface area (Å²) in [4.78, 5) is 23.0. The van der Waals surface area contributed by atoms with Gasteiger partial charge in [0.25, 0.3) is 5.56 Å². The number of aromatic nitrogens is 1. The Labute approximate surface area is 98.1 Å². The number of carboxylic acid groups (broad SMARTS) is 1. The molecule has 0 unspecified atom stereocenters. The fourth-order valence-corrected chi connectivity index (χ4v) is 1.79. The number of benzene rings is 1. The van der Waals surface area contributed by atoms with E-state index in [0.717, 1.165) is 5.39 Å². The fourth-order valence-electron chi connectivity index (χ4n) is 1.79. The molecular weight excluding hydrogens is 218 g/mol. The molecular formula is C13H13NO3. The van der Waals surface area contributed by atoms with E-state index in [1.807, 2.05) is 19.9 Å². The topological polar surface area (TPSA) is 59.3 Å². The van der Waals surface area contributed by atoms with Gasteiger partial charge in [0.05, 0.1) is 5.56 Å². The van der Waals surface area contributed by atoms with Crippen LogP contribution in [0.1, 0.15) is 30.2 Å². The molecule has 2 rings (SSSR count). The first-order valence-corrected chi connectivity index (χ1v) is 5.39. The molecule has 0 aliphatic carbocycles. The van der Waals surface area contributed by atoms with Crippen LogP contribution in [0.4, 0.5) is 0 Å². The molecule has 0 bridgehead atoms. The van der Waals surface area contributed by atoms with Crippen LogP contribution in [0.2, 0.25) is 0 Å². The lowest BCUT2D eigenvalue weighted by Crippen LogP contribution is -2.21. The number of hydrogen-bond acceptors (Lipinski definition) is 2. The number of hydrogen-bond donors (Lipinski definition) is 1. The van der Waals surface area contributed by atoms with Crippen LogP contribution in [-0.4, -0.2) is 15.6 Å². The zero-order chi connectivity index (χ0) is 12.6. The first-order chi connectivity index (χ1) is 8.00. The number of carbonyl (C=O) groups is 1. The molecule has 0 aliphatic heterocycles. The maximum atomic E-state index is 12.1. The molecule has 4 heteroatoms. The van der Waals surface area contributed by atoms with Crippen molar-refractivity contribution in [3.63, 3.8) is 0 Å². The molecule has 17 heavy (non-hydrogen) atoms. The lowest BCUT2D eigenvalue weighted by Gasteiger charge is -2.10. The zero-order valence-electron chi connectivity index (χ0n) is 9.68. The molecule has 0 amide bonds. The minimum atomic E-state index is -1.02. The van der Waals surface area contributed by atoms with Crippen molar-refractivity contribution in [1.29, 1.82) is 0 Å². The smallest absolute Gasteiger partial charge is 0.335 e. The molecule has 0 saturated carbocycles. The van der Waals surface area contributed by atoms with E-state index in [9.17, 15) is 9.59 Å². The fraction of sp³-hybridized carbons (Fsp3) is 0.231. The molecule has 4 nitrogen and oxygen atoms in total. The Balaban J connectivity index is 2.78. The summed E-state index contributed by atoms with van der Waals surface area (Å²) in [6.07, 6.45) is 1.73. The van der Waals surface area contributed by atoms with Crippen molar-refractivity contribution >= 4 is 16.7 Å². The van der Waals surface area contributed by atoms with Gasteiger partial charge in [0.15, 0.2) is 0 Å². The Morgan fingerprint density at radius 2 is 2.00 bits per heavy atom. The van der Waals surface area contributed by atoms with Crippen LogP contribution in [0.15, 0.2) is 35.3 Å². The van der Waals surface area contributed by atoms with Crippen LogP contribution in [0.25, 0.3) is 10.8 Å². The van der Waals surface area contributed by atoms with E-state index in [1.54, 1.807) is 16.8 Å². The largest absolute Gasteiger partial charge is 0.478 e. The summed E-state index contributed by atoms with van der Waals surface area (Å²) in [7, 11) is 0. The Kier molecular flexibility index (Phi) is 2.71. The van der Waals surface area contributed by atoms with Crippen molar-refractivity contribution in [2.24, 2.45) is 0 Å². The highest BCUT2D eigenvalue weighted by molar-refractivity contribution is 5.93. The van der Waals surface area contributed by atoms with Gasteiger partial charge < -0.3 is 9.67 Å². The van der Waals surface area contributed by atoms with E-state index in [4.69, 9.17) is 5.11 Å². The molecule has 0 fully saturated rings. The van der Waals surface area contributed by atoms with Crippen molar-refractivity contribution in [2.75, 3.05) is 0 Å². The average molecular weight is 231 g/mol. The monoisotopic (exact) mass is 231 g/mol. The van der Waals surface area contributed by atoms with Gasteiger partial charge in [-0.05, 0) is 37.4 Å². The highest BCUT2D eigenvalue weighted by atomic mass is 16.4. The normalized spacial score (nSPS) is 11.0. The van der Waals surface area contributed by atoms with Crippen molar-refractivity contribution in [3.8, 4) is 0 Å². The molecule has 0 saturated heterocycles. The number of carboxylic acids is 1. The number of fused-ring (bicyclic) bond motifs is 1. The number of nitrogens with zero attached hydrogens (tertiary/aromatic N) is 1.